The van der Waals surface area contributed by atoms with Crippen molar-refractivity contribution in [1.29, 1.82) is 0 Å². The van der Waals surface area contributed by atoms with Gasteiger partial charge in [0.05, 0.1) is 6.10 Å². The smallest absolute Gasteiger partial charge is 0.328 e. The molecule has 20 heavy (non-hydrogen) atoms. The molecule has 6 nitrogen and oxygen atoms in total. The number of nitrogens with one attached hydrogen (secondary N) is 1. The average molecular weight is 302 g/mol. The number of carboxylic acid groups (broad SMARTS) is 1. The van der Waals surface area contributed by atoms with E-state index in [2.05, 4.69) is 5.32 Å². The third kappa shape index (κ3) is 4.71. The number of ether oxygens (including phenoxy) is 1. The number of aliphatic hydroxyl groups is 1. The van der Waals surface area contributed by atoms with Crippen molar-refractivity contribution in [2.24, 2.45) is 0 Å². The molecule has 7 heteroatoms. The first kappa shape index (κ1) is 16.3. The molecule has 0 radical (unpaired) electrons. The Hall–Kier alpha value is -1.79. The Morgan fingerprint density at radius 1 is 1.35 bits per heavy atom. The van der Waals surface area contributed by atoms with Crippen LogP contribution in [-0.4, -0.2) is 40.3 Å². The number of rotatable bonds is 6. The first-order valence-corrected chi connectivity index (χ1v) is 6.32. The monoisotopic (exact) mass is 301 g/mol. The maximum absolute atomic E-state index is 11.8. The van der Waals surface area contributed by atoms with Gasteiger partial charge in [-0.1, -0.05) is 17.7 Å². The Kier molecular flexibility index (Phi) is 5.79. The fraction of sp³-hybridized carbons (Fsp3) is 0.385. The second kappa shape index (κ2) is 7.12. The van der Waals surface area contributed by atoms with Crippen molar-refractivity contribution in [1.82, 2.24) is 5.32 Å². The van der Waals surface area contributed by atoms with Gasteiger partial charge in [-0.15, -0.1) is 0 Å². The molecule has 1 amide bonds. The molecule has 110 valence electrons. The minimum atomic E-state index is -1.38. The number of carboxylic acids is 1. The summed E-state index contributed by atoms with van der Waals surface area (Å²) in [5, 5.41) is 20.8. The molecule has 0 aliphatic heterocycles. The Balaban J connectivity index is 2.65. The SMILES string of the molecule is CC(Oc1cccc(Cl)c1)C(=O)NC(C(=O)O)C(C)O. The van der Waals surface area contributed by atoms with Gasteiger partial charge in [-0.05, 0) is 32.0 Å². The number of hydrogen-bond donors (Lipinski definition) is 3. The van der Waals surface area contributed by atoms with Crippen LogP contribution in [0.25, 0.3) is 0 Å². The highest BCUT2D eigenvalue weighted by atomic mass is 35.5. The Morgan fingerprint density at radius 3 is 2.50 bits per heavy atom. The molecule has 0 spiro atoms. The van der Waals surface area contributed by atoms with E-state index >= 15 is 0 Å². The molecule has 0 bridgehead atoms. The summed E-state index contributed by atoms with van der Waals surface area (Å²) in [5.41, 5.74) is 0. The molecular formula is C13H16ClNO5. The number of hydrogen-bond acceptors (Lipinski definition) is 4. The zero-order valence-corrected chi connectivity index (χ0v) is 11.8. The van der Waals surface area contributed by atoms with E-state index < -0.39 is 30.1 Å². The van der Waals surface area contributed by atoms with Crippen molar-refractivity contribution in [2.45, 2.75) is 32.1 Å². The summed E-state index contributed by atoms with van der Waals surface area (Å²) in [5.74, 6) is -1.56. The topological polar surface area (TPSA) is 95.9 Å². The lowest BCUT2D eigenvalue weighted by Gasteiger charge is -2.20. The Labute approximate surface area is 121 Å². The number of carbonyl (C=O) groups is 2. The van der Waals surface area contributed by atoms with E-state index in [0.717, 1.165) is 0 Å². The molecule has 0 fully saturated rings. The van der Waals surface area contributed by atoms with E-state index in [1.54, 1.807) is 18.2 Å². The van der Waals surface area contributed by atoms with Crippen LogP contribution in [0.3, 0.4) is 0 Å². The summed E-state index contributed by atoms with van der Waals surface area (Å²) in [7, 11) is 0. The molecule has 3 atom stereocenters. The normalized spacial score (nSPS) is 15.0. The van der Waals surface area contributed by atoms with E-state index in [0.29, 0.717) is 10.8 Å². The van der Waals surface area contributed by atoms with Gasteiger partial charge < -0.3 is 20.3 Å². The fourth-order valence-electron chi connectivity index (χ4n) is 1.46. The molecule has 0 aliphatic carbocycles. The Morgan fingerprint density at radius 2 is 2.00 bits per heavy atom. The van der Waals surface area contributed by atoms with Crippen LogP contribution in [0.2, 0.25) is 5.02 Å². The largest absolute Gasteiger partial charge is 0.481 e. The molecule has 3 unspecified atom stereocenters. The second-order valence-corrected chi connectivity index (χ2v) is 4.72. The lowest BCUT2D eigenvalue weighted by Crippen LogP contribution is -2.51. The van der Waals surface area contributed by atoms with Crippen molar-refractivity contribution < 1.29 is 24.5 Å². The van der Waals surface area contributed by atoms with Crippen molar-refractivity contribution in [3.8, 4) is 5.75 Å². The predicted octanol–water partition coefficient (Wildman–Crippen LogP) is 1.06. The minimum absolute atomic E-state index is 0.393. The summed E-state index contributed by atoms with van der Waals surface area (Å²) in [6, 6.07) is 5.10. The fourth-order valence-corrected chi connectivity index (χ4v) is 1.64. The van der Waals surface area contributed by atoms with E-state index in [1.165, 1.54) is 19.9 Å². The molecule has 0 aromatic heterocycles. The van der Waals surface area contributed by atoms with Crippen LogP contribution in [0.15, 0.2) is 24.3 Å². The lowest BCUT2D eigenvalue weighted by molar-refractivity contribution is -0.145. The molecule has 0 aliphatic rings. The molecule has 0 saturated heterocycles. The van der Waals surface area contributed by atoms with E-state index in [1.807, 2.05) is 0 Å². The van der Waals surface area contributed by atoms with Gasteiger partial charge in [0.2, 0.25) is 0 Å². The van der Waals surface area contributed by atoms with Gasteiger partial charge in [0.25, 0.3) is 5.91 Å². The zero-order valence-electron chi connectivity index (χ0n) is 11.0. The molecular weight excluding hydrogens is 286 g/mol. The first-order valence-electron chi connectivity index (χ1n) is 5.94. The standard InChI is InChI=1S/C13H16ClNO5/c1-7(16)11(13(18)19)15-12(17)8(2)20-10-5-3-4-9(14)6-10/h3-8,11,16H,1-2H3,(H,15,17)(H,18,19). The van der Waals surface area contributed by atoms with Crippen molar-refractivity contribution >= 4 is 23.5 Å². The number of halogens is 1. The quantitative estimate of drug-likeness (QED) is 0.730. The van der Waals surface area contributed by atoms with Crippen LogP contribution in [-0.2, 0) is 9.59 Å². The number of aliphatic hydroxyl groups excluding tert-OH is 1. The number of carbonyl (C=O) groups excluding carboxylic acids is 1. The predicted molar refractivity (Wildman–Crippen MR) is 72.8 cm³/mol. The van der Waals surface area contributed by atoms with Crippen LogP contribution < -0.4 is 10.1 Å². The lowest BCUT2D eigenvalue weighted by atomic mass is 10.2. The number of aliphatic carboxylic acids is 1. The summed E-state index contributed by atoms with van der Waals surface area (Å²) < 4.78 is 5.35. The third-order valence-electron chi connectivity index (χ3n) is 2.52. The van der Waals surface area contributed by atoms with Crippen LogP contribution in [0.4, 0.5) is 0 Å². The van der Waals surface area contributed by atoms with Crippen molar-refractivity contribution in [3.05, 3.63) is 29.3 Å². The average Bonchev–Trinajstić information content (AvgIpc) is 2.34. The zero-order chi connectivity index (χ0) is 15.3. The molecule has 1 rings (SSSR count). The second-order valence-electron chi connectivity index (χ2n) is 4.28. The van der Waals surface area contributed by atoms with Gasteiger partial charge in [0.15, 0.2) is 12.1 Å². The van der Waals surface area contributed by atoms with Crippen molar-refractivity contribution in [3.63, 3.8) is 0 Å². The van der Waals surface area contributed by atoms with E-state index in [-0.39, 0.29) is 0 Å². The van der Waals surface area contributed by atoms with Gasteiger partial charge >= 0.3 is 5.97 Å². The molecule has 1 aromatic carbocycles. The van der Waals surface area contributed by atoms with Gasteiger partial charge in [-0.3, -0.25) is 4.79 Å². The Bertz CT molecular complexity index is 491. The van der Waals surface area contributed by atoms with Gasteiger partial charge in [0, 0.05) is 5.02 Å². The number of benzene rings is 1. The highest BCUT2D eigenvalue weighted by Gasteiger charge is 2.27. The van der Waals surface area contributed by atoms with Gasteiger partial charge in [0.1, 0.15) is 5.75 Å². The van der Waals surface area contributed by atoms with Crippen LogP contribution in [0, 0.1) is 0 Å². The summed E-state index contributed by atoms with van der Waals surface area (Å²) in [6.07, 6.45) is -2.14. The molecule has 1 aromatic rings. The maximum atomic E-state index is 11.8. The van der Waals surface area contributed by atoms with E-state index in [4.69, 9.17) is 21.4 Å². The number of amides is 1. The summed E-state index contributed by atoms with van der Waals surface area (Å²) in [6.45, 7) is 2.75. The van der Waals surface area contributed by atoms with Crippen LogP contribution in [0.5, 0.6) is 5.75 Å². The summed E-state index contributed by atoms with van der Waals surface area (Å²) >= 11 is 5.78. The molecule has 0 heterocycles. The van der Waals surface area contributed by atoms with Crippen LogP contribution in [0.1, 0.15) is 13.8 Å². The highest BCUT2D eigenvalue weighted by Crippen LogP contribution is 2.18. The first-order chi connectivity index (χ1) is 9.31. The molecule has 3 N–H and O–H groups in total. The third-order valence-corrected chi connectivity index (χ3v) is 2.76. The summed E-state index contributed by atoms with van der Waals surface area (Å²) in [4.78, 5) is 22.7. The van der Waals surface area contributed by atoms with Crippen molar-refractivity contribution in [2.75, 3.05) is 0 Å². The van der Waals surface area contributed by atoms with E-state index in [9.17, 15) is 14.7 Å². The maximum Gasteiger partial charge on any atom is 0.328 e. The minimum Gasteiger partial charge on any atom is -0.481 e. The van der Waals surface area contributed by atoms with Crippen LogP contribution >= 0.6 is 11.6 Å². The van der Waals surface area contributed by atoms with Gasteiger partial charge in [-0.2, -0.15) is 0 Å². The molecule has 0 saturated carbocycles. The highest BCUT2D eigenvalue weighted by molar-refractivity contribution is 6.30. The van der Waals surface area contributed by atoms with Gasteiger partial charge in [-0.25, -0.2) is 4.79 Å².